The molecule has 0 bridgehead atoms. The van der Waals surface area contributed by atoms with Crippen molar-refractivity contribution in [2.24, 2.45) is 0 Å². The summed E-state index contributed by atoms with van der Waals surface area (Å²) in [6, 6.07) is 103. The van der Waals surface area contributed by atoms with Gasteiger partial charge in [-0.1, -0.05) is 208 Å². The van der Waals surface area contributed by atoms with Crippen molar-refractivity contribution in [1.82, 2.24) is 0 Å². The summed E-state index contributed by atoms with van der Waals surface area (Å²) in [6.07, 6.45) is 0. The van der Waals surface area contributed by atoms with Gasteiger partial charge in [0.2, 0.25) is 0 Å². The molecule has 2 aromatic heterocycles. The zero-order valence-corrected chi connectivity index (χ0v) is 44.9. The monoisotopic (exact) mass is 1040 g/mol. The quantitative estimate of drug-likeness (QED) is 0.129. The van der Waals surface area contributed by atoms with E-state index >= 15 is 0 Å². The van der Waals surface area contributed by atoms with E-state index in [9.17, 15) is 0 Å². The van der Waals surface area contributed by atoms with Gasteiger partial charge in [0.15, 0.2) is 0 Å². The number of anilines is 6. The van der Waals surface area contributed by atoms with Crippen LogP contribution >= 0.6 is 0 Å². The molecule has 0 saturated carbocycles. The van der Waals surface area contributed by atoms with E-state index in [4.69, 9.17) is 8.83 Å². The zero-order chi connectivity index (χ0) is 54.0. The van der Waals surface area contributed by atoms with Crippen molar-refractivity contribution in [3.05, 3.63) is 291 Å². The number of para-hydroxylation sites is 2. The number of nitrogens with zero attached hydrogens (tertiary/aromatic N) is 2. The molecule has 0 aliphatic heterocycles. The Labute approximate surface area is 470 Å². The first kappa shape index (κ1) is 47.8. The molecule has 0 radical (unpaired) electrons. The minimum atomic E-state index is 0.145. The summed E-state index contributed by atoms with van der Waals surface area (Å²) in [5.74, 6) is 0.145. The Hall–Kier alpha value is -10.4. The van der Waals surface area contributed by atoms with Gasteiger partial charge >= 0.3 is 0 Å². The Balaban J connectivity index is 0.860. The summed E-state index contributed by atoms with van der Waals surface area (Å²) < 4.78 is 14.1. The molecule has 384 valence electrons. The van der Waals surface area contributed by atoms with Crippen LogP contribution in [0.15, 0.2) is 294 Å². The summed E-state index contributed by atoms with van der Waals surface area (Å²) in [6.45, 7) is 4.53. The third-order valence-electron chi connectivity index (χ3n) is 16.1. The predicted molar refractivity (Wildman–Crippen MR) is 341 cm³/mol. The van der Waals surface area contributed by atoms with Gasteiger partial charge in [-0.2, -0.15) is 0 Å². The SMILES string of the molecule is CC(C)c1c2oc3cc4cc(N(c5ccccc5)c5cc(-c6ccccc6)ccc5-c5ccccc5)ccc4cc3c2cc2oc3cc4cc(N(c5ccccc5)c5cc(-c6ccccc6)ccc5-c5ccccc5)ccc4cc3c12. The second kappa shape index (κ2) is 19.8. The molecule has 81 heavy (non-hydrogen) atoms. The first-order valence-electron chi connectivity index (χ1n) is 27.9. The van der Waals surface area contributed by atoms with Crippen LogP contribution in [0.25, 0.3) is 110 Å². The van der Waals surface area contributed by atoms with Crippen molar-refractivity contribution in [1.29, 1.82) is 0 Å². The van der Waals surface area contributed by atoms with Crippen LogP contribution in [0, 0.1) is 0 Å². The van der Waals surface area contributed by atoms with Gasteiger partial charge in [-0.05, 0) is 152 Å². The summed E-state index contributed by atoms with van der Waals surface area (Å²) in [5, 5.41) is 8.77. The van der Waals surface area contributed by atoms with Gasteiger partial charge in [-0.25, -0.2) is 0 Å². The summed E-state index contributed by atoms with van der Waals surface area (Å²) in [7, 11) is 0. The number of benzene rings is 13. The molecule has 0 spiro atoms. The van der Waals surface area contributed by atoms with Crippen molar-refractivity contribution < 1.29 is 8.83 Å². The van der Waals surface area contributed by atoms with Crippen LogP contribution in [0.5, 0.6) is 0 Å². The zero-order valence-electron chi connectivity index (χ0n) is 44.9. The van der Waals surface area contributed by atoms with Crippen molar-refractivity contribution in [3.8, 4) is 44.5 Å². The van der Waals surface area contributed by atoms with Gasteiger partial charge in [-0.15, -0.1) is 0 Å². The van der Waals surface area contributed by atoms with Crippen molar-refractivity contribution in [2.45, 2.75) is 19.8 Å². The first-order valence-corrected chi connectivity index (χ1v) is 27.9. The normalized spacial score (nSPS) is 11.7. The topological polar surface area (TPSA) is 32.8 Å². The number of hydrogen-bond acceptors (Lipinski definition) is 4. The Kier molecular flexibility index (Phi) is 11.7. The Morgan fingerprint density at radius 3 is 1.16 bits per heavy atom. The standard InChI is InChI=1S/C77H54N2O2/c1-50(2)75-76-69-44-56-34-38-64(79(62-31-19-8-20-32-62)71-46-58(52-23-11-4-12-24-52)36-40-66(71)54-27-15-6-16-28-54)42-60(56)48-73(69)80-74(76)49-68-67-43-55-33-37-63(41-59(55)47-72(67)81-77(68)75)78(61-29-17-7-18-30-61)70-45-57(51-21-9-3-10-22-51)35-39-65(70)53-25-13-5-14-26-53/h3-50H,1-2H3. The molecular weight excluding hydrogens is 985 g/mol. The Bertz CT molecular complexity index is 4630. The predicted octanol–water partition coefficient (Wildman–Crippen LogP) is 22.5. The molecule has 0 unspecified atom stereocenters. The maximum Gasteiger partial charge on any atom is 0.139 e. The van der Waals surface area contributed by atoms with E-state index < -0.39 is 0 Å². The molecule has 4 heteroatoms. The number of rotatable bonds is 11. The molecule has 0 aliphatic rings. The van der Waals surface area contributed by atoms with E-state index in [0.717, 1.165) is 138 Å². The average Bonchev–Trinajstić information content (AvgIpc) is 4.07. The maximum atomic E-state index is 7.12. The van der Waals surface area contributed by atoms with Crippen LogP contribution in [0.1, 0.15) is 25.3 Å². The highest BCUT2D eigenvalue weighted by Crippen LogP contribution is 2.49. The lowest BCUT2D eigenvalue weighted by atomic mass is 9.93. The molecule has 0 aliphatic carbocycles. The lowest BCUT2D eigenvalue weighted by molar-refractivity contribution is 0.655. The third-order valence-corrected chi connectivity index (χ3v) is 16.1. The van der Waals surface area contributed by atoms with E-state index in [2.05, 4.69) is 309 Å². The fraction of sp³-hybridized carbons (Fsp3) is 0.0390. The van der Waals surface area contributed by atoms with Crippen LogP contribution in [0.4, 0.5) is 34.1 Å². The molecule has 0 amide bonds. The highest BCUT2D eigenvalue weighted by atomic mass is 16.3. The third kappa shape index (κ3) is 8.48. The molecule has 15 rings (SSSR count). The molecule has 15 aromatic rings. The second-order valence-electron chi connectivity index (χ2n) is 21.4. The highest BCUT2D eigenvalue weighted by Gasteiger charge is 2.25. The van der Waals surface area contributed by atoms with E-state index in [-0.39, 0.29) is 5.92 Å². The lowest BCUT2D eigenvalue weighted by Crippen LogP contribution is -2.11. The van der Waals surface area contributed by atoms with E-state index in [1.54, 1.807) is 0 Å². The summed E-state index contributed by atoms with van der Waals surface area (Å²) >= 11 is 0. The fourth-order valence-electron chi connectivity index (χ4n) is 12.3. The van der Waals surface area contributed by atoms with E-state index in [1.807, 2.05) is 0 Å². The van der Waals surface area contributed by atoms with Gasteiger partial charge in [0.1, 0.15) is 22.3 Å². The van der Waals surface area contributed by atoms with Gasteiger partial charge in [0, 0.05) is 61.0 Å². The number of fused-ring (bicyclic) bond motifs is 8. The molecule has 2 heterocycles. The smallest absolute Gasteiger partial charge is 0.139 e. The largest absolute Gasteiger partial charge is 0.456 e. The number of furan rings is 2. The van der Waals surface area contributed by atoms with Gasteiger partial charge in [0.25, 0.3) is 0 Å². The highest BCUT2D eigenvalue weighted by molar-refractivity contribution is 6.20. The fourth-order valence-corrected chi connectivity index (χ4v) is 12.3. The molecule has 0 fully saturated rings. The number of hydrogen-bond donors (Lipinski definition) is 0. The molecule has 13 aromatic carbocycles. The van der Waals surface area contributed by atoms with Crippen LogP contribution in [0.3, 0.4) is 0 Å². The molecule has 0 atom stereocenters. The van der Waals surface area contributed by atoms with E-state index in [1.165, 1.54) is 11.1 Å². The Morgan fingerprint density at radius 1 is 0.284 bits per heavy atom. The molecule has 0 N–H and O–H groups in total. The maximum absolute atomic E-state index is 7.12. The van der Waals surface area contributed by atoms with Gasteiger partial charge < -0.3 is 18.6 Å². The lowest BCUT2D eigenvalue weighted by Gasteiger charge is -2.29. The van der Waals surface area contributed by atoms with Crippen LogP contribution in [-0.2, 0) is 0 Å². The van der Waals surface area contributed by atoms with Crippen molar-refractivity contribution in [2.75, 3.05) is 9.80 Å². The minimum absolute atomic E-state index is 0.145. The van der Waals surface area contributed by atoms with E-state index in [0.29, 0.717) is 0 Å². The van der Waals surface area contributed by atoms with Crippen LogP contribution in [-0.4, -0.2) is 0 Å². The van der Waals surface area contributed by atoms with Crippen molar-refractivity contribution in [3.63, 3.8) is 0 Å². The van der Waals surface area contributed by atoms with Gasteiger partial charge in [-0.3, -0.25) is 0 Å². The van der Waals surface area contributed by atoms with Crippen molar-refractivity contribution >= 4 is 99.5 Å². The molecule has 4 nitrogen and oxygen atoms in total. The van der Waals surface area contributed by atoms with Gasteiger partial charge in [0.05, 0.1) is 11.4 Å². The summed E-state index contributed by atoms with van der Waals surface area (Å²) in [4.78, 5) is 4.79. The summed E-state index contributed by atoms with van der Waals surface area (Å²) in [5.41, 5.74) is 20.3. The van der Waals surface area contributed by atoms with Crippen LogP contribution < -0.4 is 9.80 Å². The second-order valence-corrected chi connectivity index (χ2v) is 21.4. The molecular formula is C77H54N2O2. The Morgan fingerprint density at radius 2 is 0.704 bits per heavy atom. The minimum Gasteiger partial charge on any atom is -0.456 e. The molecule has 0 saturated heterocycles. The average molecular weight is 1040 g/mol. The first-order chi connectivity index (χ1) is 40.0. The van der Waals surface area contributed by atoms with Crippen LogP contribution in [0.2, 0.25) is 0 Å².